The molecule has 3 rings (SSSR count). The maximum absolute atomic E-state index is 12.7. The minimum atomic E-state index is -0.421. The predicted octanol–water partition coefficient (Wildman–Crippen LogP) is -0.804. The summed E-state index contributed by atoms with van der Waals surface area (Å²) in [5.74, 6) is -0.238. The number of rotatable bonds is 1. The first-order valence-electron chi connectivity index (χ1n) is 7.82. The van der Waals surface area contributed by atoms with Crippen LogP contribution in [0.2, 0.25) is 0 Å². The van der Waals surface area contributed by atoms with Gasteiger partial charge in [-0.1, -0.05) is 0 Å². The maximum atomic E-state index is 12.7. The van der Waals surface area contributed by atoms with Crippen molar-refractivity contribution in [1.29, 1.82) is 0 Å². The second kappa shape index (κ2) is 6.11. The Kier molecular flexibility index (Phi) is 4.16. The second-order valence-electron chi connectivity index (χ2n) is 6.27. The number of amides is 2. The fourth-order valence-corrected chi connectivity index (χ4v) is 3.44. The molecule has 3 heterocycles. The Hall–Kier alpha value is -2.22. The van der Waals surface area contributed by atoms with E-state index in [4.69, 9.17) is 0 Å². The molecule has 23 heavy (non-hydrogen) atoms. The molecule has 1 atom stereocenters. The molecule has 0 bridgehead atoms. The molecule has 1 aromatic heterocycles. The molecule has 0 aliphatic carbocycles. The van der Waals surface area contributed by atoms with Gasteiger partial charge in [0.15, 0.2) is 0 Å². The highest BCUT2D eigenvalue weighted by atomic mass is 16.2. The molecule has 8 nitrogen and oxygen atoms in total. The van der Waals surface area contributed by atoms with Crippen molar-refractivity contribution in [1.82, 2.24) is 25.1 Å². The molecular formula is C15H21N5O3. The number of nitrogens with zero attached hydrogens (tertiary/aromatic N) is 3. The third-order valence-corrected chi connectivity index (χ3v) is 4.97. The number of aromatic nitrogens is 2. The molecule has 2 aliphatic rings. The summed E-state index contributed by atoms with van der Waals surface area (Å²) in [5.41, 5.74) is -0.576. The summed E-state index contributed by atoms with van der Waals surface area (Å²) < 4.78 is 0. The van der Waals surface area contributed by atoms with Crippen molar-refractivity contribution in [3.8, 4) is 0 Å². The smallest absolute Gasteiger partial charge is 0.263 e. The monoisotopic (exact) mass is 319 g/mol. The van der Waals surface area contributed by atoms with Gasteiger partial charge in [0.05, 0.1) is 6.33 Å². The second-order valence-corrected chi connectivity index (χ2v) is 6.27. The number of hydrogen-bond acceptors (Lipinski definition) is 5. The molecule has 0 saturated carbocycles. The van der Waals surface area contributed by atoms with E-state index in [0.717, 1.165) is 13.0 Å². The molecule has 2 amide bonds. The topological polar surface area (TPSA) is 98.4 Å². The third kappa shape index (κ3) is 2.98. The number of aromatic amines is 1. The SMILES string of the molecule is CN1CCN(C(=O)c2cnc[nH]c2=O)CC12CCNC(=O)CC2. The normalized spacial score (nSPS) is 26.0. The third-order valence-electron chi connectivity index (χ3n) is 4.97. The van der Waals surface area contributed by atoms with E-state index in [0.29, 0.717) is 32.5 Å². The lowest BCUT2D eigenvalue weighted by Crippen LogP contribution is -2.62. The van der Waals surface area contributed by atoms with E-state index in [1.807, 2.05) is 7.05 Å². The zero-order chi connectivity index (χ0) is 16.4. The number of carbonyl (C=O) groups excluding carboxylic acids is 2. The fraction of sp³-hybridized carbons (Fsp3) is 0.600. The lowest BCUT2D eigenvalue weighted by Gasteiger charge is -2.49. The van der Waals surface area contributed by atoms with Crippen molar-refractivity contribution in [3.05, 3.63) is 28.4 Å². The lowest BCUT2D eigenvalue weighted by atomic mass is 9.86. The minimum absolute atomic E-state index is 0.0578. The highest BCUT2D eigenvalue weighted by Crippen LogP contribution is 2.30. The summed E-state index contributed by atoms with van der Waals surface area (Å²) in [7, 11) is 2.04. The molecule has 124 valence electrons. The quantitative estimate of drug-likeness (QED) is 0.706. The average molecular weight is 319 g/mol. The van der Waals surface area contributed by atoms with Gasteiger partial charge < -0.3 is 15.2 Å². The van der Waals surface area contributed by atoms with Crippen LogP contribution in [0.4, 0.5) is 0 Å². The standard InChI is InChI=1S/C15H21N5O3/c1-19-6-7-20(14(23)11-8-16-10-18-13(11)22)9-15(19)3-2-12(21)17-5-4-15/h8,10H,2-7,9H2,1H3,(H,17,21)(H,16,18,22). The number of carbonyl (C=O) groups is 2. The van der Waals surface area contributed by atoms with Crippen LogP contribution in [0.5, 0.6) is 0 Å². The number of nitrogens with one attached hydrogen (secondary N) is 2. The summed E-state index contributed by atoms with van der Waals surface area (Å²) in [6, 6.07) is 0. The van der Waals surface area contributed by atoms with Crippen molar-refractivity contribution < 1.29 is 9.59 Å². The van der Waals surface area contributed by atoms with Crippen LogP contribution in [0.25, 0.3) is 0 Å². The van der Waals surface area contributed by atoms with E-state index in [-0.39, 0.29) is 22.9 Å². The van der Waals surface area contributed by atoms with E-state index < -0.39 is 5.56 Å². The Balaban J connectivity index is 1.83. The van der Waals surface area contributed by atoms with Gasteiger partial charge in [0.2, 0.25) is 5.91 Å². The largest absolute Gasteiger partial charge is 0.356 e. The molecular weight excluding hydrogens is 298 g/mol. The van der Waals surface area contributed by atoms with Gasteiger partial charge in [0, 0.05) is 44.3 Å². The van der Waals surface area contributed by atoms with E-state index in [2.05, 4.69) is 20.2 Å². The Labute approximate surface area is 133 Å². The Morgan fingerprint density at radius 3 is 2.91 bits per heavy atom. The van der Waals surface area contributed by atoms with E-state index in [1.165, 1.54) is 12.5 Å². The van der Waals surface area contributed by atoms with Gasteiger partial charge in [-0.3, -0.25) is 19.3 Å². The van der Waals surface area contributed by atoms with Crippen LogP contribution in [0.3, 0.4) is 0 Å². The maximum Gasteiger partial charge on any atom is 0.263 e. The Morgan fingerprint density at radius 2 is 2.13 bits per heavy atom. The van der Waals surface area contributed by atoms with Crippen LogP contribution >= 0.6 is 0 Å². The summed E-state index contributed by atoms with van der Waals surface area (Å²) in [6.45, 7) is 2.41. The van der Waals surface area contributed by atoms with Crippen molar-refractivity contribution in [2.24, 2.45) is 0 Å². The molecule has 8 heteroatoms. The minimum Gasteiger partial charge on any atom is -0.356 e. The highest BCUT2D eigenvalue weighted by Gasteiger charge is 2.42. The molecule has 2 N–H and O–H groups in total. The van der Waals surface area contributed by atoms with Crippen LogP contribution in [0, 0.1) is 0 Å². The van der Waals surface area contributed by atoms with Gasteiger partial charge in [0.1, 0.15) is 5.56 Å². The molecule has 2 saturated heterocycles. The van der Waals surface area contributed by atoms with E-state index in [1.54, 1.807) is 4.90 Å². The van der Waals surface area contributed by atoms with Crippen molar-refractivity contribution in [3.63, 3.8) is 0 Å². The highest BCUT2D eigenvalue weighted by molar-refractivity contribution is 5.93. The molecule has 2 aliphatic heterocycles. The summed E-state index contributed by atoms with van der Waals surface area (Å²) in [6.07, 6.45) is 4.54. The lowest BCUT2D eigenvalue weighted by molar-refractivity contribution is -0.121. The van der Waals surface area contributed by atoms with Crippen molar-refractivity contribution in [2.45, 2.75) is 24.8 Å². The van der Waals surface area contributed by atoms with Crippen LogP contribution in [0.15, 0.2) is 17.3 Å². The molecule has 2 fully saturated rings. The van der Waals surface area contributed by atoms with Crippen molar-refractivity contribution in [2.75, 3.05) is 33.2 Å². The molecule has 0 aromatic carbocycles. The zero-order valence-electron chi connectivity index (χ0n) is 13.2. The first-order chi connectivity index (χ1) is 11.0. The summed E-state index contributed by atoms with van der Waals surface area (Å²) in [4.78, 5) is 46.4. The number of likely N-dealkylation sites (N-methyl/N-ethyl adjacent to an activating group) is 1. The average Bonchev–Trinajstić information content (AvgIpc) is 2.73. The Morgan fingerprint density at radius 1 is 1.30 bits per heavy atom. The first-order valence-corrected chi connectivity index (χ1v) is 7.82. The van der Waals surface area contributed by atoms with Gasteiger partial charge in [-0.2, -0.15) is 0 Å². The van der Waals surface area contributed by atoms with Gasteiger partial charge >= 0.3 is 0 Å². The zero-order valence-corrected chi connectivity index (χ0v) is 13.2. The van der Waals surface area contributed by atoms with Crippen LogP contribution in [0.1, 0.15) is 29.6 Å². The Bertz CT molecular complexity index is 673. The van der Waals surface area contributed by atoms with Gasteiger partial charge in [0.25, 0.3) is 11.5 Å². The predicted molar refractivity (Wildman–Crippen MR) is 83.0 cm³/mol. The first kappa shape index (κ1) is 15.7. The van der Waals surface area contributed by atoms with E-state index >= 15 is 0 Å². The molecule has 1 spiro atoms. The van der Waals surface area contributed by atoms with Crippen LogP contribution < -0.4 is 10.9 Å². The van der Waals surface area contributed by atoms with Gasteiger partial charge in [-0.25, -0.2) is 4.98 Å². The number of hydrogen-bond donors (Lipinski definition) is 2. The van der Waals surface area contributed by atoms with Crippen LogP contribution in [-0.4, -0.2) is 70.3 Å². The van der Waals surface area contributed by atoms with E-state index in [9.17, 15) is 14.4 Å². The fourth-order valence-electron chi connectivity index (χ4n) is 3.44. The molecule has 1 aromatic rings. The number of piperazine rings is 1. The molecule has 0 radical (unpaired) electrons. The van der Waals surface area contributed by atoms with Gasteiger partial charge in [-0.15, -0.1) is 0 Å². The number of H-pyrrole nitrogens is 1. The van der Waals surface area contributed by atoms with Gasteiger partial charge in [-0.05, 0) is 19.9 Å². The molecule has 1 unspecified atom stereocenters. The van der Waals surface area contributed by atoms with Crippen molar-refractivity contribution >= 4 is 11.8 Å². The summed E-state index contributed by atoms with van der Waals surface area (Å²) >= 11 is 0. The van der Waals surface area contributed by atoms with Crippen LogP contribution in [-0.2, 0) is 4.79 Å². The summed E-state index contributed by atoms with van der Waals surface area (Å²) in [5, 5.41) is 2.89.